The van der Waals surface area contributed by atoms with Gasteiger partial charge in [-0.1, -0.05) is 6.07 Å². The van der Waals surface area contributed by atoms with Gasteiger partial charge in [-0.05, 0) is 44.5 Å². The van der Waals surface area contributed by atoms with Crippen molar-refractivity contribution in [1.82, 2.24) is 15.2 Å². The van der Waals surface area contributed by atoms with Gasteiger partial charge in [0.05, 0.1) is 6.20 Å². The van der Waals surface area contributed by atoms with Crippen LogP contribution in [0.3, 0.4) is 0 Å². The minimum atomic E-state index is -4.51. The molecule has 3 rings (SSSR count). The average Bonchev–Trinajstić information content (AvgIpc) is 3.26. The van der Waals surface area contributed by atoms with Crippen molar-refractivity contribution in [1.29, 1.82) is 0 Å². The van der Waals surface area contributed by atoms with E-state index in [0.717, 1.165) is 18.0 Å². The Labute approximate surface area is 202 Å². The van der Waals surface area contributed by atoms with Gasteiger partial charge in [-0.2, -0.15) is 13.2 Å². The average molecular weight is 495 g/mol. The second-order valence-corrected chi connectivity index (χ2v) is 8.97. The number of likely N-dealkylation sites (N-methyl/N-ethyl adjacent to an activating group) is 1. The highest BCUT2D eigenvalue weighted by atomic mass is 19.4. The normalized spacial score (nSPS) is 16.2. The number of benzene rings is 1. The van der Waals surface area contributed by atoms with Gasteiger partial charge in [0.2, 0.25) is 5.91 Å². The van der Waals surface area contributed by atoms with Crippen molar-refractivity contribution in [3.63, 3.8) is 0 Å². The van der Waals surface area contributed by atoms with Gasteiger partial charge < -0.3 is 24.6 Å². The molecule has 2 amide bonds. The summed E-state index contributed by atoms with van der Waals surface area (Å²) in [4.78, 5) is 31.3. The lowest BCUT2D eigenvalue weighted by Gasteiger charge is -2.27. The van der Waals surface area contributed by atoms with Gasteiger partial charge in [-0.3, -0.25) is 9.59 Å². The quantitative estimate of drug-likeness (QED) is 0.605. The van der Waals surface area contributed by atoms with Crippen LogP contribution in [-0.4, -0.2) is 67.1 Å². The Kier molecular flexibility index (Phi) is 7.89. The molecule has 0 radical (unpaired) electrons. The number of halogens is 3. The number of ether oxygens (including phenoxy) is 2. The van der Waals surface area contributed by atoms with Crippen molar-refractivity contribution < 1.29 is 32.2 Å². The lowest BCUT2D eigenvalue weighted by molar-refractivity contribution is -0.151. The summed E-state index contributed by atoms with van der Waals surface area (Å²) in [7, 11) is 3.23. The molecule has 1 N–H and O–H groups in total. The molecule has 0 aliphatic carbocycles. The van der Waals surface area contributed by atoms with E-state index >= 15 is 0 Å². The monoisotopic (exact) mass is 494 g/mol. The third-order valence-corrected chi connectivity index (χ3v) is 5.57. The van der Waals surface area contributed by atoms with Crippen LogP contribution in [-0.2, 0) is 20.5 Å². The molecule has 1 aromatic carbocycles. The fraction of sp³-hybridized carbons (Fsp3) is 0.458. The molecule has 8 nitrogen and oxygen atoms in total. The maximum absolute atomic E-state index is 12.7. The minimum Gasteiger partial charge on any atom is -0.456 e. The predicted octanol–water partition coefficient (Wildman–Crippen LogP) is 3.47. The third-order valence-electron chi connectivity index (χ3n) is 5.57. The second kappa shape index (κ2) is 10.5. The standard InChI is InChI=1S/C24H29F3N4O4/c1-23(2,34-15-21(32)30(3)4)22(33)29-16-10-11-31(14-16)17-6-5-7-18(12-17)35-19-8-9-20(28-13-19)24(25,26)27/h5-9,12-13,16H,10-11,14-15H2,1-4H3,(H,29,33). The Hall–Kier alpha value is -3.34. The highest BCUT2D eigenvalue weighted by molar-refractivity contribution is 5.85. The van der Waals surface area contributed by atoms with Gasteiger partial charge >= 0.3 is 6.18 Å². The summed E-state index contributed by atoms with van der Waals surface area (Å²) in [5, 5.41) is 2.98. The highest BCUT2D eigenvalue weighted by Crippen LogP contribution is 2.31. The summed E-state index contributed by atoms with van der Waals surface area (Å²) in [6.45, 7) is 4.30. The number of hydrogen-bond donors (Lipinski definition) is 1. The van der Waals surface area contributed by atoms with Crippen molar-refractivity contribution in [2.24, 2.45) is 0 Å². The smallest absolute Gasteiger partial charge is 0.433 e. The maximum atomic E-state index is 12.7. The van der Waals surface area contributed by atoms with E-state index in [4.69, 9.17) is 9.47 Å². The summed E-state index contributed by atoms with van der Waals surface area (Å²) in [6, 6.07) is 9.13. The number of carbonyl (C=O) groups excluding carboxylic acids is 2. The van der Waals surface area contributed by atoms with Gasteiger partial charge in [0.1, 0.15) is 29.4 Å². The summed E-state index contributed by atoms with van der Waals surface area (Å²) >= 11 is 0. The van der Waals surface area contributed by atoms with E-state index in [9.17, 15) is 22.8 Å². The number of aromatic nitrogens is 1. The molecular weight excluding hydrogens is 465 g/mol. The first-order valence-electron chi connectivity index (χ1n) is 11.1. The summed E-state index contributed by atoms with van der Waals surface area (Å²) in [6.07, 6.45) is -2.76. The van der Waals surface area contributed by atoms with Gasteiger partial charge in [0.15, 0.2) is 0 Å². The van der Waals surface area contributed by atoms with Crippen molar-refractivity contribution >= 4 is 17.5 Å². The zero-order chi connectivity index (χ0) is 25.8. The Bertz CT molecular complexity index is 1040. The van der Waals surface area contributed by atoms with Crippen molar-refractivity contribution in [2.75, 3.05) is 38.7 Å². The van der Waals surface area contributed by atoms with Crippen LogP contribution in [0.5, 0.6) is 11.5 Å². The molecule has 1 aliphatic heterocycles. The van der Waals surface area contributed by atoms with Gasteiger partial charge in [-0.15, -0.1) is 0 Å². The van der Waals surface area contributed by atoms with Crippen molar-refractivity contribution in [3.05, 3.63) is 48.3 Å². The van der Waals surface area contributed by atoms with Crippen LogP contribution >= 0.6 is 0 Å². The molecule has 1 fully saturated rings. The van der Waals surface area contributed by atoms with E-state index in [1.807, 2.05) is 6.07 Å². The molecule has 11 heteroatoms. The molecule has 0 saturated carbocycles. The van der Waals surface area contributed by atoms with E-state index in [0.29, 0.717) is 25.3 Å². The van der Waals surface area contributed by atoms with Gasteiger partial charge in [0, 0.05) is 45.0 Å². The fourth-order valence-corrected chi connectivity index (χ4v) is 3.40. The molecule has 1 saturated heterocycles. The molecule has 190 valence electrons. The molecule has 1 unspecified atom stereocenters. The SMILES string of the molecule is CN(C)C(=O)COC(C)(C)C(=O)NC1CCN(c2cccc(Oc3ccc(C(F)(F)F)nc3)c2)C1. The van der Waals surface area contributed by atoms with Crippen LogP contribution in [0.25, 0.3) is 0 Å². The number of hydrogen-bond acceptors (Lipinski definition) is 6. The second-order valence-electron chi connectivity index (χ2n) is 8.97. The summed E-state index contributed by atoms with van der Waals surface area (Å²) < 4.78 is 49.3. The molecule has 1 aromatic heterocycles. The van der Waals surface area contributed by atoms with Crippen LogP contribution in [0.15, 0.2) is 42.6 Å². The first-order chi connectivity index (χ1) is 16.3. The number of alkyl halides is 3. The number of anilines is 1. The van der Waals surface area contributed by atoms with E-state index in [1.165, 1.54) is 11.0 Å². The molecule has 0 spiro atoms. The Morgan fingerprint density at radius 2 is 1.91 bits per heavy atom. The summed E-state index contributed by atoms with van der Waals surface area (Å²) in [5.74, 6) is 0.114. The molecule has 2 aromatic rings. The number of nitrogens with one attached hydrogen (secondary N) is 1. The number of rotatable bonds is 8. The highest BCUT2D eigenvalue weighted by Gasteiger charge is 2.34. The van der Waals surface area contributed by atoms with E-state index in [-0.39, 0.29) is 30.2 Å². The molecule has 2 heterocycles. The lowest BCUT2D eigenvalue weighted by atomic mass is 10.1. The van der Waals surface area contributed by atoms with Gasteiger partial charge in [-0.25, -0.2) is 4.98 Å². The van der Waals surface area contributed by atoms with E-state index < -0.39 is 17.5 Å². The topological polar surface area (TPSA) is 84.0 Å². The molecular formula is C24H29F3N4O4. The molecule has 0 bridgehead atoms. The predicted molar refractivity (Wildman–Crippen MR) is 123 cm³/mol. The lowest BCUT2D eigenvalue weighted by Crippen LogP contribution is -2.50. The first kappa shape index (κ1) is 26.3. The number of carbonyl (C=O) groups is 2. The van der Waals surface area contributed by atoms with Crippen LogP contribution < -0.4 is 15.0 Å². The number of amides is 2. The maximum Gasteiger partial charge on any atom is 0.433 e. The number of pyridine rings is 1. The van der Waals surface area contributed by atoms with Gasteiger partial charge in [0.25, 0.3) is 5.91 Å². The zero-order valence-corrected chi connectivity index (χ0v) is 20.1. The Balaban J connectivity index is 1.56. The van der Waals surface area contributed by atoms with Crippen molar-refractivity contribution in [2.45, 2.75) is 38.1 Å². The van der Waals surface area contributed by atoms with Crippen LogP contribution in [0.4, 0.5) is 18.9 Å². The van der Waals surface area contributed by atoms with E-state index in [2.05, 4.69) is 15.2 Å². The molecule has 35 heavy (non-hydrogen) atoms. The molecule has 1 aliphatic rings. The summed E-state index contributed by atoms with van der Waals surface area (Å²) in [5.41, 5.74) is -1.30. The largest absolute Gasteiger partial charge is 0.456 e. The first-order valence-corrected chi connectivity index (χ1v) is 11.1. The minimum absolute atomic E-state index is 0.112. The third kappa shape index (κ3) is 7.08. The Morgan fingerprint density at radius 3 is 2.54 bits per heavy atom. The fourth-order valence-electron chi connectivity index (χ4n) is 3.40. The van der Waals surface area contributed by atoms with Crippen LogP contribution in [0.1, 0.15) is 26.0 Å². The Morgan fingerprint density at radius 1 is 1.17 bits per heavy atom. The van der Waals surface area contributed by atoms with E-state index in [1.54, 1.807) is 46.1 Å². The molecule has 1 atom stereocenters. The van der Waals surface area contributed by atoms with Crippen molar-refractivity contribution in [3.8, 4) is 11.5 Å². The zero-order valence-electron chi connectivity index (χ0n) is 20.1. The van der Waals surface area contributed by atoms with Crippen LogP contribution in [0.2, 0.25) is 0 Å². The number of nitrogens with zero attached hydrogens (tertiary/aromatic N) is 3. The van der Waals surface area contributed by atoms with Crippen LogP contribution in [0, 0.1) is 0 Å².